The fourth-order valence-electron chi connectivity index (χ4n) is 2.43. The molecule has 0 aliphatic heterocycles. The second-order valence-electron chi connectivity index (χ2n) is 6.60. The summed E-state index contributed by atoms with van der Waals surface area (Å²) in [7, 11) is 0. The van der Waals surface area contributed by atoms with Gasteiger partial charge in [0.15, 0.2) is 0 Å². The second-order valence-corrected chi connectivity index (χ2v) is 6.60. The highest BCUT2D eigenvalue weighted by molar-refractivity contribution is 5.39. The van der Waals surface area contributed by atoms with Crippen LogP contribution in [0.3, 0.4) is 0 Å². The van der Waals surface area contributed by atoms with Crippen LogP contribution in [0.1, 0.15) is 76.5 Å². The van der Waals surface area contributed by atoms with Crippen molar-refractivity contribution < 1.29 is 13.2 Å². The fourth-order valence-corrected chi connectivity index (χ4v) is 2.43. The van der Waals surface area contributed by atoms with E-state index in [4.69, 9.17) is 0 Å². The van der Waals surface area contributed by atoms with Gasteiger partial charge in [-0.3, -0.25) is 0 Å². The summed E-state index contributed by atoms with van der Waals surface area (Å²) >= 11 is 0. The van der Waals surface area contributed by atoms with Crippen molar-refractivity contribution in [1.82, 2.24) is 0 Å². The van der Waals surface area contributed by atoms with Crippen LogP contribution in [-0.4, -0.2) is 0 Å². The van der Waals surface area contributed by atoms with E-state index >= 15 is 0 Å². The topological polar surface area (TPSA) is 0 Å². The van der Waals surface area contributed by atoms with Crippen LogP contribution in [0.2, 0.25) is 0 Å². The molecule has 20 heavy (non-hydrogen) atoms. The van der Waals surface area contributed by atoms with Crippen molar-refractivity contribution >= 4 is 0 Å². The maximum Gasteiger partial charge on any atom is 0.416 e. The highest BCUT2D eigenvalue weighted by atomic mass is 19.4. The number of halogens is 3. The molecule has 0 saturated heterocycles. The normalized spacial score (nSPS) is 14.4. The Balaban J connectivity index is 3.22. The number of hydrogen-bond acceptors (Lipinski definition) is 0. The van der Waals surface area contributed by atoms with Gasteiger partial charge in [0.1, 0.15) is 0 Å². The summed E-state index contributed by atoms with van der Waals surface area (Å²) in [5.74, 6) is 0.171. The molecule has 0 amide bonds. The molecule has 0 aromatic heterocycles. The van der Waals surface area contributed by atoms with Crippen LogP contribution in [0.4, 0.5) is 13.2 Å². The minimum atomic E-state index is -4.29. The smallest absolute Gasteiger partial charge is 0.166 e. The summed E-state index contributed by atoms with van der Waals surface area (Å²) in [6.07, 6.45) is -1.24. The zero-order valence-corrected chi connectivity index (χ0v) is 13.1. The zero-order valence-electron chi connectivity index (χ0n) is 13.1. The first-order chi connectivity index (χ1) is 9.07. The van der Waals surface area contributed by atoms with E-state index in [1.165, 1.54) is 6.07 Å². The molecule has 0 aliphatic carbocycles. The summed E-state index contributed by atoms with van der Waals surface area (Å²) in [5, 5.41) is 0. The Kier molecular flexibility index (Phi) is 5.28. The number of hydrogen-bond donors (Lipinski definition) is 0. The SMILES string of the molecule is CCCCC(C)c1ccc(C(C)(C)C)c(C(F)(F)F)c1. The van der Waals surface area contributed by atoms with Crippen LogP contribution in [-0.2, 0) is 11.6 Å². The highest BCUT2D eigenvalue weighted by Gasteiger charge is 2.36. The number of unbranched alkanes of at least 4 members (excludes halogenated alkanes) is 1. The van der Waals surface area contributed by atoms with Gasteiger partial charge in [-0.15, -0.1) is 0 Å². The Morgan fingerprint density at radius 2 is 1.65 bits per heavy atom. The molecule has 0 saturated carbocycles. The summed E-state index contributed by atoms with van der Waals surface area (Å²) in [5.41, 5.74) is 0.178. The van der Waals surface area contributed by atoms with E-state index in [1.54, 1.807) is 6.07 Å². The molecule has 0 bridgehead atoms. The lowest BCUT2D eigenvalue weighted by atomic mass is 9.81. The van der Waals surface area contributed by atoms with E-state index < -0.39 is 17.2 Å². The van der Waals surface area contributed by atoms with Gasteiger partial charge in [-0.1, -0.05) is 59.6 Å². The van der Waals surface area contributed by atoms with Crippen molar-refractivity contribution in [3.05, 3.63) is 34.9 Å². The molecule has 1 aromatic carbocycles. The van der Waals surface area contributed by atoms with Gasteiger partial charge in [-0.2, -0.15) is 13.2 Å². The average Bonchev–Trinajstić information content (AvgIpc) is 2.33. The summed E-state index contributed by atoms with van der Waals surface area (Å²) < 4.78 is 39.8. The van der Waals surface area contributed by atoms with Crippen molar-refractivity contribution in [2.75, 3.05) is 0 Å². The lowest BCUT2D eigenvalue weighted by Gasteiger charge is -2.25. The minimum absolute atomic E-state index is 0.171. The monoisotopic (exact) mass is 286 g/mol. The average molecular weight is 286 g/mol. The van der Waals surface area contributed by atoms with E-state index in [1.807, 2.05) is 33.8 Å². The molecule has 0 aliphatic rings. The predicted molar refractivity (Wildman–Crippen MR) is 78.1 cm³/mol. The van der Waals surface area contributed by atoms with E-state index in [2.05, 4.69) is 6.92 Å². The largest absolute Gasteiger partial charge is 0.416 e. The Hall–Kier alpha value is -0.990. The number of benzene rings is 1. The lowest BCUT2D eigenvalue weighted by Crippen LogP contribution is -2.20. The number of rotatable bonds is 4. The molecular formula is C17H25F3. The van der Waals surface area contributed by atoms with Crippen molar-refractivity contribution in [1.29, 1.82) is 0 Å². The van der Waals surface area contributed by atoms with Crippen LogP contribution >= 0.6 is 0 Å². The van der Waals surface area contributed by atoms with Gasteiger partial charge in [0.05, 0.1) is 5.56 Å². The second kappa shape index (κ2) is 6.19. The third-order valence-electron chi connectivity index (χ3n) is 3.72. The molecule has 1 aromatic rings. The van der Waals surface area contributed by atoms with Gasteiger partial charge < -0.3 is 0 Å². The van der Waals surface area contributed by atoms with Crippen LogP contribution in [0.25, 0.3) is 0 Å². The van der Waals surface area contributed by atoms with Crippen molar-refractivity contribution in [2.24, 2.45) is 0 Å². The summed E-state index contributed by atoms with van der Waals surface area (Å²) in [6, 6.07) is 4.86. The number of alkyl halides is 3. The van der Waals surface area contributed by atoms with Crippen LogP contribution < -0.4 is 0 Å². The molecule has 0 fully saturated rings. The van der Waals surface area contributed by atoms with E-state index in [9.17, 15) is 13.2 Å². The van der Waals surface area contributed by atoms with Gasteiger partial charge in [-0.25, -0.2) is 0 Å². The van der Waals surface area contributed by atoms with Gasteiger partial charge in [0, 0.05) is 0 Å². The zero-order chi connectivity index (χ0) is 15.6. The van der Waals surface area contributed by atoms with Gasteiger partial charge >= 0.3 is 6.18 Å². The molecule has 0 heterocycles. The summed E-state index contributed by atoms with van der Waals surface area (Å²) in [4.78, 5) is 0. The van der Waals surface area contributed by atoms with E-state index in [0.717, 1.165) is 24.8 Å². The van der Waals surface area contributed by atoms with Gasteiger partial charge in [0.25, 0.3) is 0 Å². The van der Waals surface area contributed by atoms with E-state index in [-0.39, 0.29) is 5.92 Å². The molecule has 0 N–H and O–H groups in total. The van der Waals surface area contributed by atoms with Crippen LogP contribution in [0.15, 0.2) is 18.2 Å². The van der Waals surface area contributed by atoms with Crippen LogP contribution in [0.5, 0.6) is 0 Å². The molecule has 3 heteroatoms. The first kappa shape index (κ1) is 17.1. The predicted octanol–water partition coefficient (Wildman–Crippen LogP) is 6.30. The Bertz CT molecular complexity index is 439. The molecule has 0 spiro atoms. The van der Waals surface area contributed by atoms with Gasteiger partial charge in [-0.05, 0) is 34.9 Å². The highest BCUT2D eigenvalue weighted by Crippen LogP contribution is 2.39. The Morgan fingerprint density at radius 1 is 1.05 bits per heavy atom. The van der Waals surface area contributed by atoms with Crippen LogP contribution in [0, 0.1) is 0 Å². The lowest BCUT2D eigenvalue weighted by molar-refractivity contribution is -0.138. The molecule has 1 atom stereocenters. The third-order valence-corrected chi connectivity index (χ3v) is 3.72. The maximum atomic E-state index is 13.3. The summed E-state index contributed by atoms with van der Waals surface area (Å²) in [6.45, 7) is 9.55. The first-order valence-corrected chi connectivity index (χ1v) is 7.29. The van der Waals surface area contributed by atoms with Crippen molar-refractivity contribution in [3.8, 4) is 0 Å². The first-order valence-electron chi connectivity index (χ1n) is 7.29. The molecule has 1 rings (SSSR count). The standard InChI is InChI=1S/C17H25F3/c1-6-7-8-12(2)13-9-10-14(16(3,4)5)15(11-13)17(18,19)20/h9-12H,6-8H2,1-5H3. The molecule has 0 radical (unpaired) electrons. The molecule has 1 unspecified atom stereocenters. The van der Waals surface area contributed by atoms with Crippen molar-refractivity contribution in [2.45, 2.75) is 71.4 Å². The quantitative estimate of drug-likeness (QED) is 0.609. The fraction of sp³-hybridized carbons (Fsp3) is 0.647. The van der Waals surface area contributed by atoms with E-state index in [0.29, 0.717) is 5.56 Å². The third kappa shape index (κ3) is 4.26. The maximum absolute atomic E-state index is 13.3. The molecule has 114 valence electrons. The van der Waals surface area contributed by atoms with Gasteiger partial charge in [0.2, 0.25) is 0 Å². The Morgan fingerprint density at radius 3 is 2.10 bits per heavy atom. The molecular weight excluding hydrogens is 261 g/mol. The van der Waals surface area contributed by atoms with Crippen molar-refractivity contribution in [3.63, 3.8) is 0 Å². The minimum Gasteiger partial charge on any atom is -0.166 e. The Labute approximate surface area is 120 Å². The molecule has 0 nitrogen and oxygen atoms in total.